The van der Waals surface area contributed by atoms with Crippen LogP contribution in [0.4, 0.5) is 17.1 Å². The fraction of sp³-hybridized carbons (Fsp3) is 0.222. The Labute approximate surface area is 179 Å². The number of nitro groups is 2. The fourth-order valence-electron chi connectivity index (χ4n) is 2.91. The van der Waals surface area contributed by atoms with E-state index in [0.717, 1.165) is 23.4 Å². The van der Waals surface area contributed by atoms with Crippen molar-refractivity contribution in [3.63, 3.8) is 0 Å². The van der Waals surface area contributed by atoms with Gasteiger partial charge < -0.3 is 5.32 Å². The highest BCUT2D eigenvalue weighted by Crippen LogP contribution is 2.32. The maximum absolute atomic E-state index is 12.6. The predicted molar refractivity (Wildman–Crippen MR) is 113 cm³/mol. The smallest absolute Gasteiger partial charge is 0.281 e. The number of aryl methyl sites for hydroxylation is 1. The Bertz CT molecular complexity index is 1150. The van der Waals surface area contributed by atoms with Gasteiger partial charge in [0.2, 0.25) is 0 Å². The molecule has 0 saturated heterocycles. The van der Waals surface area contributed by atoms with Crippen LogP contribution in [0.25, 0.3) is 0 Å². The van der Waals surface area contributed by atoms with Crippen LogP contribution in [0.5, 0.6) is 0 Å². The average molecular weight is 450 g/mol. The van der Waals surface area contributed by atoms with Gasteiger partial charge in [0, 0.05) is 12.1 Å². The van der Waals surface area contributed by atoms with Gasteiger partial charge in [-0.15, -0.1) is 11.3 Å². The molecule has 1 aromatic carbocycles. The minimum Gasteiger partial charge on any atom is -0.321 e. The minimum absolute atomic E-state index is 0.0238. The molecule has 1 N–H and O–H groups in total. The third kappa shape index (κ3) is 4.16. The lowest BCUT2D eigenvalue weighted by Gasteiger charge is -2.06. The summed E-state index contributed by atoms with van der Waals surface area (Å²) in [5.74, 6) is -0.523. The van der Waals surface area contributed by atoms with Gasteiger partial charge in [0.1, 0.15) is 5.56 Å². The topological polar surface area (TPSA) is 133 Å². The molecule has 3 rings (SSSR count). The maximum atomic E-state index is 12.6. The molecule has 30 heavy (non-hydrogen) atoms. The lowest BCUT2D eigenvalue weighted by Crippen LogP contribution is -2.11. The largest absolute Gasteiger partial charge is 0.321 e. The third-order valence-electron chi connectivity index (χ3n) is 4.51. The Morgan fingerprint density at radius 2 is 1.77 bits per heavy atom. The van der Waals surface area contributed by atoms with Gasteiger partial charge in [-0.2, -0.15) is 5.10 Å². The van der Waals surface area contributed by atoms with E-state index >= 15 is 0 Å². The Balaban J connectivity index is 1.82. The van der Waals surface area contributed by atoms with Crippen molar-refractivity contribution >= 4 is 45.9 Å². The molecule has 3 aromatic rings. The first-order chi connectivity index (χ1) is 14.1. The van der Waals surface area contributed by atoms with Crippen LogP contribution in [0, 0.1) is 41.0 Å². The van der Waals surface area contributed by atoms with Gasteiger partial charge in [0.05, 0.1) is 43.4 Å². The van der Waals surface area contributed by atoms with E-state index in [1.807, 2.05) is 6.92 Å². The number of amides is 1. The van der Waals surface area contributed by atoms with Crippen LogP contribution >= 0.6 is 22.9 Å². The molecule has 0 spiro atoms. The number of carbonyl (C=O) groups is 1. The van der Waals surface area contributed by atoms with Crippen LogP contribution in [-0.4, -0.2) is 25.5 Å². The summed E-state index contributed by atoms with van der Waals surface area (Å²) in [5, 5.41) is 31.6. The van der Waals surface area contributed by atoms with Crippen molar-refractivity contribution in [3.8, 4) is 0 Å². The van der Waals surface area contributed by atoms with Gasteiger partial charge in [-0.25, -0.2) is 0 Å². The van der Waals surface area contributed by atoms with E-state index in [4.69, 9.17) is 11.6 Å². The highest BCUT2D eigenvalue weighted by molar-refractivity contribution is 7.12. The Hall–Kier alpha value is -3.31. The summed E-state index contributed by atoms with van der Waals surface area (Å²) in [6.45, 7) is 5.36. The molecule has 12 heteroatoms. The molecule has 0 saturated carbocycles. The highest BCUT2D eigenvalue weighted by atomic mass is 35.5. The number of rotatable bonds is 6. The second-order valence-corrected chi connectivity index (χ2v) is 7.86. The summed E-state index contributed by atoms with van der Waals surface area (Å²) < 4.78 is 1.73. The van der Waals surface area contributed by atoms with E-state index in [9.17, 15) is 25.0 Å². The first-order valence-corrected chi connectivity index (χ1v) is 9.86. The number of nitrogens with zero attached hydrogens (tertiary/aromatic N) is 4. The van der Waals surface area contributed by atoms with Gasteiger partial charge >= 0.3 is 0 Å². The summed E-state index contributed by atoms with van der Waals surface area (Å²) in [4.78, 5) is 33.9. The van der Waals surface area contributed by atoms with Crippen LogP contribution in [0.1, 0.15) is 32.2 Å². The molecule has 1 amide bonds. The number of aromatic nitrogens is 2. The summed E-state index contributed by atoms with van der Waals surface area (Å²) >= 11 is 7.33. The molecule has 0 aliphatic carbocycles. The lowest BCUT2D eigenvalue weighted by atomic mass is 10.1. The molecule has 0 atom stereocenters. The standard InChI is InChI=1S/C18H16ClN5O5S/c1-9-14(23(26)27)5-13(6-15(9)24(28)29)20-18(25)16-4-12(8-30-16)7-22-11(3)17(19)10(2)21-22/h4-6,8H,7H2,1-3H3,(H,20,25). The SMILES string of the molecule is Cc1nn(Cc2csc(C(=O)Nc3cc([N+](=O)[O-])c(C)c([N+](=O)[O-])c3)c2)c(C)c1Cl. The zero-order valence-electron chi connectivity index (χ0n) is 16.1. The number of carbonyl (C=O) groups excluding carboxylic acids is 1. The number of benzene rings is 1. The van der Waals surface area contributed by atoms with Crippen molar-refractivity contribution < 1.29 is 14.6 Å². The average Bonchev–Trinajstić information content (AvgIpc) is 3.23. The minimum atomic E-state index is -0.721. The normalized spacial score (nSPS) is 10.8. The zero-order valence-corrected chi connectivity index (χ0v) is 17.7. The molecule has 0 radical (unpaired) electrons. The van der Waals surface area contributed by atoms with Gasteiger partial charge in [-0.1, -0.05) is 11.6 Å². The van der Waals surface area contributed by atoms with Crippen LogP contribution in [-0.2, 0) is 6.54 Å². The van der Waals surface area contributed by atoms with Crippen molar-refractivity contribution in [1.29, 1.82) is 0 Å². The number of halogens is 1. The number of hydrogen-bond acceptors (Lipinski definition) is 7. The second kappa shape index (κ2) is 8.20. The van der Waals surface area contributed by atoms with Gasteiger partial charge in [0.25, 0.3) is 17.3 Å². The van der Waals surface area contributed by atoms with E-state index < -0.39 is 27.1 Å². The summed E-state index contributed by atoms with van der Waals surface area (Å²) in [7, 11) is 0. The monoisotopic (exact) mass is 449 g/mol. The van der Waals surface area contributed by atoms with E-state index in [1.54, 1.807) is 23.1 Å². The molecule has 0 aliphatic rings. The summed E-state index contributed by atoms with van der Waals surface area (Å²) in [6, 6.07) is 3.88. The molecular weight excluding hydrogens is 434 g/mol. The number of anilines is 1. The van der Waals surface area contributed by atoms with Crippen molar-refractivity contribution in [2.45, 2.75) is 27.3 Å². The molecular formula is C18H16ClN5O5S. The molecule has 2 aromatic heterocycles. The first-order valence-electron chi connectivity index (χ1n) is 8.60. The molecule has 0 bridgehead atoms. The summed E-state index contributed by atoms with van der Waals surface area (Å²) in [6.07, 6.45) is 0. The van der Waals surface area contributed by atoms with Gasteiger partial charge in [-0.05, 0) is 37.8 Å². The van der Waals surface area contributed by atoms with Crippen LogP contribution in [0.15, 0.2) is 23.6 Å². The van der Waals surface area contributed by atoms with E-state index in [1.165, 1.54) is 18.3 Å². The Morgan fingerprint density at radius 3 is 2.27 bits per heavy atom. The predicted octanol–water partition coefficient (Wildman–Crippen LogP) is 4.64. The van der Waals surface area contributed by atoms with Crippen LogP contribution < -0.4 is 5.32 Å². The van der Waals surface area contributed by atoms with Crippen molar-refractivity contribution in [3.05, 3.63) is 76.2 Å². The number of hydrogen-bond donors (Lipinski definition) is 1. The van der Waals surface area contributed by atoms with E-state index in [-0.39, 0.29) is 11.3 Å². The number of nitro benzene ring substituents is 2. The van der Waals surface area contributed by atoms with Crippen LogP contribution in [0.2, 0.25) is 5.02 Å². The summed E-state index contributed by atoms with van der Waals surface area (Å²) in [5.41, 5.74) is 1.37. The van der Waals surface area contributed by atoms with Gasteiger partial charge in [0.15, 0.2) is 0 Å². The Kier molecular flexibility index (Phi) is 5.85. The molecule has 0 aliphatic heterocycles. The maximum Gasteiger partial charge on any atom is 0.281 e. The molecule has 10 nitrogen and oxygen atoms in total. The van der Waals surface area contributed by atoms with Crippen LogP contribution in [0.3, 0.4) is 0 Å². The molecule has 2 heterocycles. The van der Waals surface area contributed by atoms with Crippen molar-refractivity contribution in [2.75, 3.05) is 5.32 Å². The molecule has 156 valence electrons. The quantitative estimate of drug-likeness (QED) is 0.430. The number of thiophene rings is 1. The van der Waals surface area contributed by atoms with E-state index in [0.29, 0.717) is 22.1 Å². The molecule has 0 fully saturated rings. The van der Waals surface area contributed by atoms with Crippen molar-refractivity contribution in [2.24, 2.45) is 0 Å². The lowest BCUT2D eigenvalue weighted by molar-refractivity contribution is -0.395. The Morgan fingerprint density at radius 1 is 1.17 bits per heavy atom. The fourth-order valence-corrected chi connectivity index (χ4v) is 3.84. The highest BCUT2D eigenvalue weighted by Gasteiger charge is 2.24. The zero-order chi connectivity index (χ0) is 22.2. The van der Waals surface area contributed by atoms with E-state index in [2.05, 4.69) is 10.4 Å². The second-order valence-electron chi connectivity index (χ2n) is 6.57. The van der Waals surface area contributed by atoms with Crippen molar-refractivity contribution in [1.82, 2.24) is 9.78 Å². The third-order valence-corrected chi connectivity index (χ3v) is 6.03. The first kappa shape index (κ1) is 21.4. The molecule has 0 unspecified atom stereocenters. The van der Waals surface area contributed by atoms with Gasteiger partial charge in [-0.3, -0.25) is 29.7 Å². The number of nitrogens with one attached hydrogen (secondary N) is 1.